The van der Waals surface area contributed by atoms with E-state index in [0.717, 1.165) is 11.1 Å². The number of aryl methyl sites for hydroxylation is 2. The fraction of sp³-hybridized carbons (Fsp3) is 0.278. The first kappa shape index (κ1) is 16.1. The Morgan fingerprint density at radius 2 is 1.60 bits per heavy atom. The molecule has 25 heavy (non-hydrogen) atoms. The molecule has 0 radical (unpaired) electrons. The summed E-state index contributed by atoms with van der Waals surface area (Å²) in [5.74, 6) is 0. The summed E-state index contributed by atoms with van der Waals surface area (Å²) in [6.45, 7) is 0.843. The molecular formula is C18H19N3O3S. The molecule has 0 amide bonds. The molecule has 7 heteroatoms. The second-order valence-electron chi connectivity index (χ2n) is 6.41. The average molecular weight is 357 g/mol. The van der Waals surface area contributed by atoms with Crippen molar-refractivity contribution in [2.75, 3.05) is 6.54 Å². The van der Waals surface area contributed by atoms with Crippen molar-refractivity contribution < 1.29 is 8.42 Å². The van der Waals surface area contributed by atoms with Crippen LogP contribution in [0.15, 0.2) is 52.2 Å². The molecule has 2 heterocycles. The molecule has 4 rings (SSSR count). The number of hydrogen-bond acceptors (Lipinski definition) is 3. The number of benzene rings is 2. The van der Waals surface area contributed by atoms with E-state index in [-0.39, 0.29) is 10.6 Å². The molecular weight excluding hydrogens is 338 g/mol. The van der Waals surface area contributed by atoms with E-state index in [9.17, 15) is 13.2 Å². The van der Waals surface area contributed by atoms with Gasteiger partial charge in [-0.15, -0.1) is 0 Å². The SMILES string of the molecule is Cn1c(=O)n(C)c2cc(S(=O)(=O)N3CCc4ccccc4C3)ccc21. The molecule has 1 aliphatic heterocycles. The van der Waals surface area contributed by atoms with E-state index in [2.05, 4.69) is 0 Å². The van der Waals surface area contributed by atoms with Crippen molar-refractivity contribution in [1.29, 1.82) is 0 Å². The number of nitrogens with zero attached hydrogens (tertiary/aromatic N) is 3. The number of sulfonamides is 1. The van der Waals surface area contributed by atoms with E-state index >= 15 is 0 Å². The van der Waals surface area contributed by atoms with E-state index in [4.69, 9.17) is 0 Å². The van der Waals surface area contributed by atoms with Crippen molar-refractivity contribution in [2.45, 2.75) is 17.9 Å². The van der Waals surface area contributed by atoms with Crippen molar-refractivity contribution in [3.05, 3.63) is 64.1 Å². The van der Waals surface area contributed by atoms with Crippen molar-refractivity contribution >= 4 is 21.1 Å². The molecule has 2 aromatic carbocycles. The summed E-state index contributed by atoms with van der Waals surface area (Å²) < 4.78 is 30.7. The zero-order chi connectivity index (χ0) is 17.8. The lowest BCUT2D eigenvalue weighted by Crippen LogP contribution is -2.35. The number of imidazole rings is 1. The molecule has 130 valence electrons. The first-order valence-electron chi connectivity index (χ1n) is 8.12. The first-order valence-corrected chi connectivity index (χ1v) is 9.56. The molecule has 0 N–H and O–H groups in total. The highest BCUT2D eigenvalue weighted by Crippen LogP contribution is 2.26. The molecule has 0 unspecified atom stereocenters. The molecule has 0 spiro atoms. The third kappa shape index (κ3) is 2.42. The maximum atomic E-state index is 13.1. The summed E-state index contributed by atoms with van der Waals surface area (Å²) in [6.07, 6.45) is 0.710. The normalized spacial score (nSPS) is 15.4. The van der Waals surface area contributed by atoms with Crippen LogP contribution in [0.4, 0.5) is 0 Å². The molecule has 0 saturated carbocycles. The first-order chi connectivity index (χ1) is 11.9. The summed E-state index contributed by atoms with van der Waals surface area (Å²) in [7, 11) is -0.276. The zero-order valence-electron chi connectivity index (χ0n) is 14.1. The van der Waals surface area contributed by atoms with Gasteiger partial charge in [0.25, 0.3) is 0 Å². The van der Waals surface area contributed by atoms with Crippen LogP contribution < -0.4 is 5.69 Å². The smallest absolute Gasteiger partial charge is 0.295 e. The summed E-state index contributed by atoms with van der Waals surface area (Å²) >= 11 is 0. The van der Waals surface area contributed by atoms with E-state index < -0.39 is 10.0 Å². The van der Waals surface area contributed by atoms with Gasteiger partial charge in [0.05, 0.1) is 15.9 Å². The average Bonchev–Trinajstić information content (AvgIpc) is 2.85. The summed E-state index contributed by atoms with van der Waals surface area (Å²) in [5.41, 5.74) is 3.42. The number of aromatic nitrogens is 2. The van der Waals surface area contributed by atoms with Gasteiger partial charge in [-0.25, -0.2) is 13.2 Å². The van der Waals surface area contributed by atoms with Crippen LogP contribution in [0.3, 0.4) is 0 Å². The summed E-state index contributed by atoms with van der Waals surface area (Å²) in [6, 6.07) is 12.8. The fourth-order valence-corrected chi connectivity index (χ4v) is 4.91. The minimum absolute atomic E-state index is 0.170. The van der Waals surface area contributed by atoms with Gasteiger partial charge in [-0.2, -0.15) is 4.31 Å². The third-order valence-corrected chi connectivity index (χ3v) is 6.82. The summed E-state index contributed by atoms with van der Waals surface area (Å²) in [5, 5.41) is 0. The highest BCUT2D eigenvalue weighted by molar-refractivity contribution is 7.89. The highest BCUT2D eigenvalue weighted by Gasteiger charge is 2.28. The lowest BCUT2D eigenvalue weighted by molar-refractivity contribution is 0.391. The molecule has 3 aromatic rings. The second kappa shape index (κ2) is 5.57. The van der Waals surface area contributed by atoms with Crippen LogP contribution in [0.25, 0.3) is 11.0 Å². The van der Waals surface area contributed by atoms with E-state index in [0.29, 0.717) is 25.0 Å². The fourth-order valence-electron chi connectivity index (χ4n) is 3.47. The third-order valence-electron chi connectivity index (χ3n) is 4.98. The van der Waals surface area contributed by atoms with Crippen molar-refractivity contribution in [2.24, 2.45) is 14.1 Å². The summed E-state index contributed by atoms with van der Waals surface area (Å²) in [4.78, 5) is 12.3. The Balaban J connectivity index is 1.77. The number of fused-ring (bicyclic) bond motifs is 2. The van der Waals surface area contributed by atoms with Crippen molar-refractivity contribution in [1.82, 2.24) is 13.4 Å². The van der Waals surface area contributed by atoms with E-state index in [1.165, 1.54) is 19.0 Å². The topological polar surface area (TPSA) is 64.3 Å². The van der Waals surface area contributed by atoms with Crippen molar-refractivity contribution in [3.63, 3.8) is 0 Å². The number of rotatable bonds is 2. The molecule has 0 saturated heterocycles. The molecule has 0 atom stereocenters. The standard InChI is InChI=1S/C18H19N3O3S/c1-19-16-8-7-15(11-17(16)20(2)18(19)22)25(23,24)21-10-9-13-5-3-4-6-14(13)12-21/h3-8,11H,9-10,12H2,1-2H3. The Morgan fingerprint density at radius 3 is 2.36 bits per heavy atom. The molecule has 6 nitrogen and oxygen atoms in total. The predicted octanol–water partition coefficient (Wildman–Crippen LogP) is 1.62. The van der Waals surface area contributed by atoms with Gasteiger partial charge in [0.2, 0.25) is 10.0 Å². The lowest BCUT2D eigenvalue weighted by Gasteiger charge is -2.28. The Labute approximate surface area is 146 Å². The molecule has 1 aliphatic rings. The Bertz CT molecular complexity index is 1140. The van der Waals surface area contributed by atoms with Crippen molar-refractivity contribution in [3.8, 4) is 0 Å². The molecule has 0 fully saturated rings. The highest BCUT2D eigenvalue weighted by atomic mass is 32.2. The Kier molecular flexibility index (Phi) is 3.59. The predicted molar refractivity (Wildman–Crippen MR) is 95.9 cm³/mol. The van der Waals surface area contributed by atoms with Gasteiger partial charge in [-0.05, 0) is 35.7 Å². The van der Waals surface area contributed by atoms with Gasteiger partial charge < -0.3 is 0 Å². The van der Waals surface area contributed by atoms with Gasteiger partial charge in [-0.1, -0.05) is 24.3 Å². The minimum Gasteiger partial charge on any atom is -0.295 e. The van der Waals surface area contributed by atoms with Crippen LogP contribution in [-0.4, -0.2) is 28.4 Å². The van der Waals surface area contributed by atoms with Gasteiger partial charge in [0.15, 0.2) is 0 Å². The monoisotopic (exact) mass is 357 g/mol. The van der Waals surface area contributed by atoms with Crippen LogP contribution in [0, 0.1) is 0 Å². The van der Waals surface area contributed by atoms with E-state index in [1.54, 1.807) is 32.3 Å². The Hall–Kier alpha value is -2.38. The van der Waals surface area contributed by atoms with Gasteiger partial charge in [0, 0.05) is 27.2 Å². The van der Waals surface area contributed by atoms with Gasteiger partial charge in [0.1, 0.15) is 0 Å². The van der Waals surface area contributed by atoms with Crippen LogP contribution in [0.2, 0.25) is 0 Å². The molecule has 1 aromatic heterocycles. The van der Waals surface area contributed by atoms with Crippen LogP contribution in [-0.2, 0) is 37.1 Å². The largest absolute Gasteiger partial charge is 0.328 e. The second-order valence-corrected chi connectivity index (χ2v) is 8.35. The van der Waals surface area contributed by atoms with Gasteiger partial charge in [-0.3, -0.25) is 9.13 Å². The maximum Gasteiger partial charge on any atom is 0.328 e. The van der Waals surface area contributed by atoms with Crippen LogP contribution in [0.5, 0.6) is 0 Å². The molecule has 0 bridgehead atoms. The Morgan fingerprint density at radius 1 is 0.920 bits per heavy atom. The number of hydrogen-bond donors (Lipinski definition) is 0. The van der Waals surface area contributed by atoms with Crippen LogP contribution >= 0.6 is 0 Å². The van der Waals surface area contributed by atoms with Crippen LogP contribution in [0.1, 0.15) is 11.1 Å². The quantitative estimate of drug-likeness (QED) is 0.700. The minimum atomic E-state index is -3.61. The van der Waals surface area contributed by atoms with Gasteiger partial charge >= 0.3 is 5.69 Å². The zero-order valence-corrected chi connectivity index (χ0v) is 15.0. The lowest BCUT2D eigenvalue weighted by atomic mass is 10.0. The molecule has 0 aliphatic carbocycles. The maximum absolute atomic E-state index is 13.1. The van der Waals surface area contributed by atoms with E-state index in [1.807, 2.05) is 24.3 Å².